The van der Waals surface area contributed by atoms with Gasteiger partial charge in [-0.2, -0.15) is 0 Å². The highest BCUT2D eigenvalue weighted by Gasteiger charge is 2.14. The van der Waals surface area contributed by atoms with Crippen molar-refractivity contribution in [3.8, 4) is 0 Å². The minimum absolute atomic E-state index is 0.0155. The monoisotopic (exact) mass is 356 g/mol. The lowest BCUT2D eigenvalue weighted by atomic mass is 10.2. The van der Waals surface area contributed by atoms with Gasteiger partial charge in [-0.15, -0.1) is 6.58 Å². The maximum Gasteiger partial charge on any atom is 0.337 e. The van der Waals surface area contributed by atoms with E-state index in [1.54, 1.807) is 18.2 Å². The van der Waals surface area contributed by atoms with Crippen LogP contribution in [0, 0.1) is 0 Å². The van der Waals surface area contributed by atoms with Crippen molar-refractivity contribution in [3.63, 3.8) is 0 Å². The van der Waals surface area contributed by atoms with Gasteiger partial charge in [0.05, 0.1) is 24.5 Å². The number of ether oxygens (including phenoxy) is 1. The van der Waals surface area contributed by atoms with Gasteiger partial charge in [-0.25, -0.2) is 9.59 Å². The highest BCUT2D eigenvalue weighted by molar-refractivity contribution is 9.10. The van der Waals surface area contributed by atoms with Crippen molar-refractivity contribution in [2.45, 2.75) is 6.42 Å². The fourth-order valence-electron chi connectivity index (χ4n) is 1.49. The first-order chi connectivity index (χ1) is 10.1. The van der Waals surface area contributed by atoms with Crippen LogP contribution >= 0.6 is 15.9 Å². The van der Waals surface area contributed by atoms with E-state index in [0.29, 0.717) is 24.2 Å². The Labute approximate surface area is 131 Å². The number of carbonyl (C=O) groups excluding carboxylic acids is 1. The number of para-hydroxylation sites is 1. The molecule has 0 aromatic heterocycles. The van der Waals surface area contributed by atoms with Crippen LogP contribution in [0.15, 0.2) is 35.3 Å². The van der Waals surface area contributed by atoms with Crippen LogP contribution in [0.5, 0.6) is 0 Å². The van der Waals surface area contributed by atoms with Gasteiger partial charge in [0.25, 0.3) is 0 Å². The molecule has 0 spiro atoms. The molecule has 1 aromatic carbocycles. The third kappa shape index (κ3) is 5.97. The Morgan fingerprint density at radius 3 is 2.81 bits per heavy atom. The Morgan fingerprint density at radius 2 is 2.14 bits per heavy atom. The Balaban J connectivity index is 2.48. The molecule has 7 heteroatoms. The van der Waals surface area contributed by atoms with E-state index >= 15 is 0 Å². The van der Waals surface area contributed by atoms with Crippen molar-refractivity contribution in [1.29, 1.82) is 0 Å². The van der Waals surface area contributed by atoms with Gasteiger partial charge in [0, 0.05) is 11.0 Å². The van der Waals surface area contributed by atoms with E-state index < -0.39 is 12.0 Å². The minimum atomic E-state index is -1.11. The normalized spacial score (nSPS) is 9.95. The van der Waals surface area contributed by atoms with E-state index in [0.717, 1.165) is 6.42 Å². The molecule has 0 saturated heterocycles. The first-order valence-corrected chi connectivity index (χ1v) is 7.11. The summed E-state index contributed by atoms with van der Waals surface area (Å²) in [6.45, 7) is 4.84. The van der Waals surface area contributed by atoms with Crippen LogP contribution in [0.1, 0.15) is 16.8 Å². The van der Waals surface area contributed by atoms with Crippen molar-refractivity contribution in [3.05, 3.63) is 40.9 Å². The molecule has 1 aromatic rings. The van der Waals surface area contributed by atoms with E-state index in [9.17, 15) is 9.59 Å². The molecule has 0 atom stereocenters. The van der Waals surface area contributed by atoms with E-state index in [4.69, 9.17) is 9.84 Å². The van der Waals surface area contributed by atoms with Gasteiger partial charge in [-0.05, 0) is 34.5 Å². The smallest absolute Gasteiger partial charge is 0.337 e. The van der Waals surface area contributed by atoms with Crippen LogP contribution in [0.2, 0.25) is 0 Å². The molecule has 0 bridgehead atoms. The number of carbonyl (C=O) groups is 2. The molecule has 0 aliphatic heterocycles. The number of halogens is 1. The maximum atomic E-state index is 11.7. The molecule has 0 unspecified atom stereocenters. The lowest BCUT2D eigenvalue weighted by molar-refractivity contribution is 0.0698. The summed E-state index contributed by atoms with van der Waals surface area (Å²) < 4.78 is 5.74. The van der Waals surface area contributed by atoms with Gasteiger partial charge in [-0.1, -0.05) is 12.1 Å². The zero-order chi connectivity index (χ0) is 15.7. The lowest BCUT2D eigenvalue weighted by Gasteiger charge is -2.11. The summed E-state index contributed by atoms with van der Waals surface area (Å²) in [5, 5.41) is 14.2. The van der Waals surface area contributed by atoms with Crippen LogP contribution in [0.3, 0.4) is 0 Å². The van der Waals surface area contributed by atoms with Gasteiger partial charge in [0.1, 0.15) is 0 Å². The van der Waals surface area contributed by atoms with Crippen LogP contribution in [-0.2, 0) is 4.74 Å². The van der Waals surface area contributed by atoms with Gasteiger partial charge in [-0.3, -0.25) is 0 Å². The number of hydrogen-bond acceptors (Lipinski definition) is 3. The van der Waals surface area contributed by atoms with Crippen molar-refractivity contribution in [2.75, 3.05) is 25.1 Å². The number of carboxylic acid groups (broad SMARTS) is 1. The first kappa shape index (κ1) is 17.2. The lowest BCUT2D eigenvalue weighted by Crippen LogP contribution is -2.32. The second-order valence-electron chi connectivity index (χ2n) is 4.04. The summed E-state index contributed by atoms with van der Waals surface area (Å²) in [6.07, 6.45) is 2.51. The number of hydrogen-bond donors (Lipinski definition) is 3. The summed E-state index contributed by atoms with van der Waals surface area (Å²) in [5.74, 6) is -1.11. The van der Waals surface area contributed by atoms with Crippen LogP contribution in [0.25, 0.3) is 0 Å². The average molecular weight is 357 g/mol. The number of aromatic carboxylic acids is 1. The van der Waals surface area contributed by atoms with Crippen LogP contribution in [0.4, 0.5) is 10.5 Å². The summed E-state index contributed by atoms with van der Waals surface area (Å²) in [7, 11) is 0. The van der Waals surface area contributed by atoms with Gasteiger partial charge in [0.2, 0.25) is 0 Å². The Kier molecular flexibility index (Phi) is 7.49. The predicted molar refractivity (Wildman–Crippen MR) is 83.8 cm³/mol. The van der Waals surface area contributed by atoms with Crippen LogP contribution in [-0.4, -0.2) is 36.9 Å². The Morgan fingerprint density at radius 1 is 1.38 bits per heavy atom. The molecule has 1 rings (SSSR count). The summed E-state index contributed by atoms with van der Waals surface area (Å²) >= 11 is 3.21. The number of benzene rings is 1. The molecule has 0 heterocycles. The van der Waals surface area contributed by atoms with E-state index in [1.807, 2.05) is 0 Å². The van der Waals surface area contributed by atoms with Gasteiger partial charge in [0.15, 0.2) is 0 Å². The van der Waals surface area contributed by atoms with Crippen molar-refractivity contribution < 1.29 is 19.4 Å². The third-order valence-electron chi connectivity index (χ3n) is 2.48. The maximum absolute atomic E-state index is 11.7. The molecular formula is C14H17BrN2O4. The summed E-state index contributed by atoms with van der Waals surface area (Å²) in [5.41, 5.74) is 0.233. The molecule has 114 valence electrons. The second kappa shape index (κ2) is 9.15. The largest absolute Gasteiger partial charge is 0.478 e. The zero-order valence-corrected chi connectivity index (χ0v) is 13.0. The fraction of sp³-hybridized carbons (Fsp3) is 0.286. The van der Waals surface area contributed by atoms with Gasteiger partial charge >= 0.3 is 12.0 Å². The predicted octanol–water partition coefficient (Wildman–Crippen LogP) is 2.86. The highest BCUT2D eigenvalue weighted by atomic mass is 79.9. The van der Waals surface area contributed by atoms with E-state index in [1.165, 1.54) is 6.07 Å². The first-order valence-electron chi connectivity index (χ1n) is 6.31. The zero-order valence-electron chi connectivity index (χ0n) is 11.4. The molecule has 3 N–H and O–H groups in total. The van der Waals surface area contributed by atoms with Crippen LogP contribution < -0.4 is 10.6 Å². The van der Waals surface area contributed by atoms with Crippen molar-refractivity contribution in [1.82, 2.24) is 5.32 Å². The quantitative estimate of drug-likeness (QED) is 0.493. The van der Waals surface area contributed by atoms with E-state index in [-0.39, 0.29) is 11.3 Å². The molecule has 0 aliphatic carbocycles. The Bertz CT molecular complexity index is 520. The molecule has 0 radical (unpaired) electrons. The van der Waals surface area contributed by atoms with E-state index in [2.05, 4.69) is 33.1 Å². The molecule has 6 nitrogen and oxygen atoms in total. The molecule has 2 amide bonds. The molecule has 0 saturated carbocycles. The number of amides is 2. The third-order valence-corrected chi connectivity index (χ3v) is 3.14. The molecule has 21 heavy (non-hydrogen) atoms. The molecule has 0 aliphatic rings. The summed E-state index contributed by atoms with van der Waals surface area (Å²) in [6, 6.07) is 4.17. The number of rotatable bonds is 8. The number of urea groups is 1. The van der Waals surface area contributed by atoms with Crippen molar-refractivity contribution in [2.24, 2.45) is 0 Å². The molecular weight excluding hydrogens is 340 g/mol. The van der Waals surface area contributed by atoms with Gasteiger partial charge < -0.3 is 20.5 Å². The highest BCUT2D eigenvalue weighted by Crippen LogP contribution is 2.26. The number of nitrogens with one attached hydrogen (secondary N) is 2. The molecule has 0 fully saturated rings. The topological polar surface area (TPSA) is 87.7 Å². The standard InChI is InChI=1S/C14H17BrN2O4/c1-2-3-8-21-9-7-16-14(20)17-12-10(13(18)19)5-4-6-11(12)15/h2,4-6H,1,3,7-9H2,(H,18,19)(H2,16,17,20). The van der Waals surface area contributed by atoms with Crippen molar-refractivity contribution >= 4 is 33.6 Å². The number of carboxylic acids is 1. The average Bonchev–Trinajstić information content (AvgIpc) is 2.44. The Hall–Kier alpha value is -1.86. The fourth-order valence-corrected chi connectivity index (χ4v) is 1.96. The minimum Gasteiger partial charge on any atom is -0.478 e. The second-order valence-corrected chi connectivity index (χ2v) is 4.89. The SMILES string of the molecule is C=CCCOCCNC(=O)Nc1c(Br)cccc1C(=O)O. The number of anilines is 1. The summed E-state index contributed by atoms with van der Waals surface area (Å²) in [4.78, 5) is 22.8.